The van der Waals surface area contributed by atoms with Gasteiger partial charge in [0.1, 0.15) is 0 Å². The number of benzene rings is 4. The van der Waals surface area contributed by atoms with E-state index < -0.39 is 15.8 Å². The van der Waals surface area contributed by atoms with Crippen molar-refractivity contribution in [3.05, 3.63) is 117 Å². The summed E-state index contributed by atoms with van der Waals surface area (Å²) in [5, 5.41) is 14.4. The molecule has 0 fully saturated rings. The van der Waals surface area contributed by atoms with Crippen molar-refractivity contribution in [1.82, 2.24) is 0 Å². The van der Waals surface area contributed by atoms with Crippen LogP contribution >= 0.6 is 15.8 Å². The van der Waals surface area contributed by atoms with Crippen molar-refractivity contribution in [2.45, 2.75) is 64.7 Å². The van der Waals surface area contributed by atoms with Gasteiger partial charge in [-0.25, -0.2) is 0 Å². The molecular weight excluding hydrogens is 594 g/mol. The molecule has 1 heterocycles. The van der Waals surface area contributed by atoms with Gasteiger partial charge in [-0.3, -0.25) is 0 Å². The summed E-state index contributed by atoms with van der Waals surface area (Å²) in [4.78, 5) is 0. The minimum absolute atomic E-state index is 0.464. The van der Waals surface area contributed by atoms with Crippen LogP contribution < -0.4 is 31.9 Å². The zero-order chi connectivity index (χ0) is 31.1. The molecule has 4 aromatic carbocycles. The van der Waals surface area contributed by atoms with E-state index in [1.165, 1.54) is 88.5 Å². The molecule has 0 aromatic heterocycles. The average Bonchev–Trinajstić information content (AvgIpc) is 3.86. The Morgan fingerprint density at radius 2 is 0.848 bits per heavy atom. The van der Waals surface area contributed by atoms with Gasteiger partial charge in [0.15, 0.2) is 0 Å². The molecule has 0 saturated heterocycles. The highest BCUT2D eigenvalue weighted by Gasteiger charge is 2.34. The van der Waals surface area contributed by atoms with Gasteiger partial charge in [-0.2, -0.15) is 0 Å². The molecule has 5 aliphatic rings. The summed E-state index contributed by atoms with van der Waals surface area (Å²) in [5.74, 6) is 0. The van der Waals surface area contributed by atoms with Crippen LogP contribution in [0.25, 0.3) is 24.3 Å². The molecule has 0 spiro atoms. The predicted molar refractivity (Wildman–Crippen MR) is 206 cm³/mol. The van der Waals surface area contributed by atoms with Gasteiger partial charge in [0.2, 0.25) is 0 Å². The van der Waals surface area contributed by atoms with E-state index in [-0.39, 0.29) is 0 Å². The van der Waals surface area contributed by atoms with E-state index in [2.05, 4.69) is 135 Å². The fourth-order valence-electron chi connectivity index (χ4n) is 8.28. The molecule has 0 amide bonds. The van der Waals surface area contributed by atoms with Crippen LogP contribution in [0.2, 0.25) is 0 Å². The number of allylic oxidation sites excluding steroid dienone is 4. The highest BCUT2D eigenvalue weighted by atomic mass is 31.1. The van der Waals surface area contributed by atoms with Gasteiger partial charge in [-0.15, -0.1) is 0 Å². The molecule has 0 saturated carbocycles. The quantitative estimate of drug-likeness (QED) is 0.215. The number of hydrogen-bond acceptors (Lipinski definition) is 2. The molecule has 228 valence electrons. The third kappa shape index (κ3) is 4.30. The Hall–Kier alpha value is -3.70. The fraction of sp³-hybridized carbons (Fsp3) is 0.238. The van der Waals surface area contributed by atoms with Gasteiger partial charge in [0, 0.05) is 32.3 Å². The number of hydrogen-bond donors (Lipinski definition) is 2. The van der Waals surface area contributed by atoms with E-state index in [1.54, 1.807) is 0 Å². The standard InChI is InChI=1S/C42H40N2P2/c1-25(2)45-35-21-17-27-9-5-13-31(27)39(35)43-41-33-15-7-11-29(33)19-23-37(41)46(26(3)4)38-24-20-30-12-8-16-34(30)42(38)44-40-32-14-6-10-28(32)18-22-36(40)45/h5-9,12,14-15,17-26,43-44H,10-11,13,16H2,1-4H3. The zero-order valence-electron chi connectivity index (χ0n) is 27.1. The third-order valence-electron chi connectivity index (χ3n) is 10.3. The van der Waals surface area contributed by atoms with Crippen molar-refractivity contribution in [2.75, 3.05) is 10.6 Å². The largest absolute Gasteiger partial charge is 0.354 e. The molecule has 2 unspecified atom stereocenters. The first-order chi connectivity index (χ1) is 22.5. The maximum atomic E-state index is 4.29. The van der Waals surface area contributed by atoms with E-state index in [9.17, 15) is 0 Å². The van der Waals surface area contributed by atoms with Crippen LogP contribution in [0, 0.1) is 0 Å². The molecule has 46 heavy (non-hydrogen) atoms. The summed E-state index contributed by atoms with van der Waals surface area (Å²) in [7, 11) is -1.40. The summed E-state index contributed by atoms with van der Waals surface area (Å²) >= 11 is 0. The maximum Gasteiger partial charge on any atom is 0.0542 e. The number of anilines is 4. The maximum absolute atomic E-state index is 4.29. The van der Waals surface area contributed by atoms with Gasteiger partial charge in [0.05, 0.1) is 22.7 Å². The summed E-state index contributed by atoms with van der Waals surface area (Å²) in [6.45, 7) is 9.73. The van der Waals surface area contributed by atoms with Crippen LogP contribution in [-0.2, 0) is 25.7 Å². The summed E-state index contributed by atoms with van der Waals surface area (Å²) in [6.07, 6.45) is 22.7. The smallest absolute Gasteiger partial charge is 0.0542 e. The lowest BCUT2D eigenvalue weighted by molar-refractivity contribution is 1.10. The van der Waals surface area contributed by atoms with Crippen molar-refractivity contribution in [1.29, 1.82) is 0 Å². The van der Waals surface area contributed by atoms with Crippen molar-refractivity contribution in [3.63, 3.8) is 0 Å². The van der Waals surface area contributed by atoms with Crippen molar-refractivity contribution in [3.8, 4) is 0 Å². The Labute approximate surface area is 275 Å². The molecule has 1 aliphatic heterocycles. The Kier molecular flexibility index (Phi) is 6.78. The minimum Gasteiger partial charge on any atom is -0.354 e. The Bertz CT molecular complexity index is 1930. The van der Waals surface area contributed by atoms with Gasteiger partial charge in [-0.05, 0) is 86.2 Å². The topological polar surface area (TPSA) is 24.1 Å². The van der Waals surface area contributed by atoms with Crippen LogP contribution in [0.15, 0.2) is 72.8 Å². The summed E-state index contributed by atoms with van der Waals surface area (Å²) in [5.41, 5.74) is 17.5. The lowest BCUT2D eigenvalue weighted by Crippen LogP contribution is -2.29. The van der Waals surface area contributed by atoms with Crippen LogP contribution in [0.3, 0.4) is 0 Å². The molecule has 2 nitrogen and oxygen atoms in total. The minimum atomic E-state index is -0.698. The van der Waals surface area contributed by atoms with E-state index in [4.69, 9.17) is 0 Å². The monoisotopic (exact) mass is 634 g/mol. The van der Waals surface area contributed by atoms with Gasteiger partial charge < -0.3 is 10.6 Å². The van der Waals surface area contributed by atoms with E-state index in [1.807, 2.05) is 0 Å². The second kappa shape index (κ2) is 10.9. The second-order valence-electron chi connectivity index (χ2n) is 13.7. The van der Waals surface area contributed by atoms with E-state index in [0.29, 0.717) is 11.3 Å². The molecule has 2 atom stereocenters. The Morgan fingerprint density at radius 3 is 1.28 bits per heavy atom. The summed E-state index contributed by atoms with van der Waals surface area (Å²) in [6, 6.07) is 19.5. The third-order valence-corrected chi connectivity index (χ3v) is 16.0. The highest BCUT2D eigenvalue weighted by molar-refractivity contribution is 7.74. The Balaban J connectivity index is 1.41. The summed E-state index contributed by atoms with van der Waals surface area (Å²) < 4.78 is 0. The second-order valence-corrected chi connectivity index (χ2v) is 19.2. The first-order valence-corrected chi connectivity index (χ1v) is 19.7. The molecule has 2 N–H and O–H groups in total. The SMILES string of the molecule is CC(C)P1c2ccc3c(c2Nc2c(ccc4c2CC=C4)P(C(C)C)c2ccc4c(c2Nc2c1ccc1c2CC=C1)C=CC4)C=CC3. The lowest BCUT2D eigenvalue weighted by atomic mass is 10.0. The van der Waals surface area contributed by atoms with Crippen molar-refractivity contribution in [2.24, 2.45) is 0 Å². The zero-order valence-corrected chi connectivity index (χ0v) is 28.9. The van der Waals surface area contributed by atoms with Crippen molar-refractivity contribution < 1.29 is 0 Å². The first-order valence-electron chi connectivity index (χ1n) is 16.9. The fourth-order valence-corrected chi connectivity index (χ4v) is 13.7. The van der Waals surface area contributed by atoms with Gasteiger partial charge in [0.25, 0.3) is 0 Å². The molecular formula is C42H40N2P2. The average molecular weight is 635 g/mol. The van der Waals surface area contributed by atoms with Crippen LogP contribution in [-0.4, -0.2) is 11.3 Å². The van der Waals surface area contributed by atoms with Gasteiger partial charge >= 0.3 is 0 Å². The molecule has 0 radical (unpaired) electrons. The number of fused-ring (bicyclic) bond motifs is 12. The lowest BCUT2D eigenvalue weighted by Gasteiger charge is -2.34. The number of rotatable bonds is 2. The van der Waals surface area contributed by atoms with E-state index >= 15 is 0 Å². The molecule has 0 bridgehead atoms. The number of nitrogens with one attached hydrogen (secondary N) is 2. The first kappa shape index (κ1) is 28.5. The van der Waals surface area contributed by atoms with Crippen molar-refractivity contribution >= 4 is 84.1 Å². The Morgan fingerprint density at radius 1 is 0.457 bits per heavy atom. The predicted octanol–water partition coefficient (Wildman–Crippen LogP) is 9.45. The molecule has 9 rings (SSSR count). The van der Waals surface area contributed by atoms with Crippen LogP contribution in [0.4, 0.5) is 22.7 Å². The molecule has 4 heteroatoms. The van der Waals surface area contributed by atoms with Crippen LogP contribution in [0.5, 0.6) is 0 Å². The molecule has 4 aliphatic carbocycles. The van der Waals surface area contributed by atoms with Crippen LogP contribution in [0.1, 0.15) is 72.2 Å². The van der Waals surface area contributed by atoms with E-state index in [0.717, 1.165) is 25.7 Å². The highest BCUT2D eigenvalue weighted by Crippen LogP contribution is 2.52. The molecule has 4 aromatic rings. The van der Waals surface area contributed by atoms with Gasteiger partial charge in [-0.1, -0.05) is 125 Å². The normalized spacial score (nSPS) is 19.3.